The molecule has 6 aliphatic rings. The number of carbonyl (C=O) groups is 1. The van der Waals surface area contributed by atoms with Crippen molar-refractivity contribution in [2.24, 2.45) is 5.41 Å². The van der Waals surface area contributed by atoms with Crippen LogP contribution >= 0.6 is 0 Å². The zero-order chi connectivity index (χ0) is 16.2. The molecule has 1 aromatic carbocycles. The van der Waals surface area contributed by atoms with E-state index >= 15 is 0 Å². The molecule has 1 saturated heterocycles. The lowest BCUT2D eigenvalue weighted by Gasteiger charge is -2.66. The summed E-state index contributed by atoms with van der Waals surface area (Å²) in [6, 6.07) is 6.34. The van der Waals surface area contributed by atoms with Gasteiger partial charge in [-0.05, 0) is 50.3 Å². The van der Waals surface area contributed by atoms with Crippen LogP contribution in [0.2, 0.25) is 0 Å². The van der Waals surface area contributed by atoms with E-state index in [0.29, 0.717) is 6.04 Å². The van der Waals surface area contributed by atoms with Gasteiger partial charge >= 0.3 is 0 Å². The summed E-state index contributed by atoms with van der Waals surface area (Å²) in [7, 11) is 0. The van der Waals surface area contributed by atoms with Gasteiger partial charge in [0.2, 0.25) is 6.41 Å². The summed E-state index contributed by atoms with van der Waals surface area (Å²) in [6.07, 6.45) is 11.4. The van der Waals surface area contributed by atoms with Crippen molar-refractivity contribution < 1.29 is 9.90 Å². The lowest BCUT2D eigenvalue weighted by molar-refractivity contribution is -0.112. The quantitative estimate of drug-likeness (QED) is 0.638. The highest BCUT2D eigenvalue weighted by Gasteiger charge is 2.76. The number of fused-ring (bicyclic) bond motifs is 3. The molecule has 3 spiro atoms. The van der Waals surface area contributed by atoms with Gasteiger partial charge in [0.1, 0.15) is 5.75 Å². The molecular weight excluding hydrogens is 300 g/mol. The lowest BCUT2D eigenvalue weighted by Crippen LogP contribution is -2.73. The van der Waals surface area contributed by atoms with Gasteiger partial charge in [-0.15, -0.1) is 0 Å². The van der Waals surface area contributed by atoms with Gasteiger partial charge in [0.15, 0.2) is 0 Å². The number of phenolic OH excluding ortho intramolecular Hbond substituents is 1. The maximum absolute atomic E-state index is 12.2. The van der Waals surface area contributed by atoms with Gasteiger partial charge in [0.25, 0.3) is 0 Å². The number of carbonyl (C=O) groups excluding carboxylic acids is 1. The van der Waals surface area contributed by atoms with Crippen LogP contribution < -0.4 is 4.90 Å². The van der Waals surface area contributed by atoms with Crippen molar-refractivity contribution in [3.05, 3.63) is 35.9 Å². The van der Waals surface area contributed by atoms with Crippen LogP contribution in [0.15, 0.2) is 30.4 Å². The van der Waals surface area contributed by atoms with Crippen molar-refractivity contribution in [2.45, 2.75) is 49.1 Å². The highest BCUT2D eigenvalue weighted by molar-refractivity contribution is 5.89. The second-order valence-electron chi connectivity index (χ2n) is 8.43. The molecule has 4 nitrogen and oxygen atoms in total. The minimum absolute atomic E-state index is 0.0107. The fraction of sp³-hybridized carbons (Fsp3) is 0.550. The molecule has 7 rings (SSSR count). The van der Waals surface area contributed by atoms with Crippen molar-refractivity contribution in [2.75, 3.05) is 18.0 Å². The number of hydrogen-bond donors (Lipinski definition) is 1. The summed E-state index contributed by atoms with van der Waals surface area (Å²) in [6.45, 7) is 2.12. The van der Waals surface area contributed by atoms with Crippen LogP contribution in [-0.2, 0) is 10.2 Å². The number of rotatable bonds is 1. The third-order valence-electron chi connectivity index (χ3n) is 8.10. The first-order valence-electron chi connectivity index (χ1n) is 9.17. The summed E-state index contributed by atoms with van der Waals surface area (Å²) >= 11 is 0. The van der Waals surface area contributed by atoms with Crippen LogP contribution in [0.5, 0.6) is 5.75 Å². The Morgan fingerprint density at radius 1 is 1.17 bits per heavy atom. The molecule has 3 saturated carbocycles. The zero-order valence-electron chi connectivity index (χ0n) is 13.7. The monoisotopic (exact) mass is 322 g/mol. The Hall–Kier alpha value is -1.81. The molecule has 124 valence electrons. The molecule has 1 amide bonds. The van der Waals surface area contributed by atoms with Crippen molar-refractivity contribution in [1.29, 1.82) is 0 Å². The van der Waals surface area contributed by atoms with E-state index in [1.165, 1.54) is 5.56 Å². The average molecular weight is 322 g/mol. The van der Waals surface area contributed by atoms with Crippen molar-refractivity contribution in [3.8, 4) is 5.75 Å². The van der Waals surface area contributed by atoms with Crippen LogP contribution in [-0.4, -0.2) is 41.1 Å². The van der Waals surface area contributed by atoms with E-state index in [2.05, 4.69) is 23.1 Å². The molecule has 2 bridgehead atoms. The second kappa shape index (κ2) is 3.88. The molecule has 0 aromatic heterocycles. The van der Waals surface area contributed by atoms with E-state index in [4.69, 9.17) is 0 Å². The van der Waals surface area contributed by atoms with E-state index < -0.39 is 0 Å². The predicted molar refractivity (Wildman–Crippen MR) is 91.1 cm³/mol. The molecular formula is C20H22N2O2. The fourth-order valence-corrected chi connectivity index (χ4v) is 7.47. The number of aromatic hydroxyl groups is 1. The summed E-state index contributed by atoms with van der Waals surface area (Å²) in [5, 5.41) is 10.6. The number of hydrogen-bond acceptors (Lipinski definition) is 3. The van der Waals surface area contributed by atoms with E-state index in [0.717, 1.165) is 57.3 Å². The third-order valence-corrected chi connectivity index (χ3v) is 8.10. The van der Waals surface area contributed by atoms with E-state index in [-0.39, 0.29) is 22.1 Å². The highest BCUT2D eigenvalue weighted by Crippen LogP contribution is 2.74. The number of para-hydroxylation sites is 1. The fourth-order valence-electron chi connectivity index (χ4n) is 7.47. The molecule has 3 aliphatic carbocycles. The topological polar surface area (TPSA) is 43.8 Å². The van der Waals surface area contributed by atoms with Crippen LogP contribution in [0.1, 0.15) is 37.7 Å². The Labute approximate surface area is 141 Å². The van der Waals surface area contributed by atoms with Gasteiger partial charge < -0.3 is 10.0 Å². The number of phenols is 1. The maximum atomic E-state index is 12.2. The van der Waals surface area contributed by atoms with E-state index in [9.17, 15) is 9.90 Å². The molecule has 3 heterocycles. The van der Waals surface area contributed by atoms with Gasteiger partial charge in [-0.1, -0.05) is 24.3 Å². The van der Waals surface area contributed by atoms with Crippen LogP contribution in [0.4, 0.5) is 5.69 Å². The number of nitrogens with zero attached hydrogens (tertiary/aromatic N) is 2. The van der Waals surface area contributed by atoms with Gasteiger partial charge in [0, 0.05) is 23.4 Å². The first-order valence-corrected chi connectivity index (χ1v) is 9.17. The Bertz CT molecular complexity index is 793. The molecule has 4 fully saturated rings. The molecule has 0 radical (unpaired) electrons. The van der Waals surface area contributed by atoms with Crippen LogP contribution in [0.25, 0.3) is 0 Å². The Balaban J connectivity index is 1.72. The first kappa shape index (κ1) is 13.5. The minimum atomic E-state index is -0.137. The standard InChI is InChI=1S/C20H22N2O2/c23-13-22-16-14(3-1-4-15(16)24)20-10-12-21-11-2-5-18(17(20)21)6-8-19(20,22)9-7-18/h1-5,13,17,24H,6-12H2/t17-,18?,19?,20+/m0/s1. The molecule has 4 heteroatoms. The summed E-state index contributed by atoms with van der Waals surface area (Å²) in [4.78, 5) is 16.8. The van der Waals surface area contributed by atoms with Gasteiger partial charge in [0.05, 0.1) is 11.2 Å². The normalized spacial score (nSPS) is 44.3. The predicted octanol–water partition coefficient (Wildman–Crippen LogP) is 2.56. The Morgan fingerprint density at radius 2 is 2.00 bits per heavy atom. The van der Waals surface area contributed by atoms with Crippen LogP contribution in [0.3, 0.4) is 0 Å². The third kappa shape index (κ3) is 1.10. The smallest absolute Gasteiger partial charge is 0.214 e. The second-order valence-corrected chi connectivity index (χ2v) is 8.43. The Kier molecular flexibility index (Phi) is 2.18. The molecule has 3 aliphatic heterocycles. The molecule has 1 N–H and O–H groups in total. The number of benzene rings is 1. The molecule has 0 unspecified atom stereocenters. The molecule has 24 heavy (non-hydrogen) atoms. The largest absolute Gasteiger partial charge is 0.506 e. The molecule has 2 atom stereocenters. The van der Waals surface area contributed by atoms with Crippen LogP contribution in [0, 0.1) is 5.41 Å². The molecule has 1 aromatic rings. The lowest BCUT2D eigenvalue weighted by atomic mass is 9.42. The van der Waals surface area contributed by atoms with Crippen molar-refractivity contribution in [3.63, 3.8) is 0 Å². The number of anilines is 1. The zero-order valence-corrected chi connectivity index (χ0v) is 13.7. The van der Waals surface area contributed by atoms with E-state index in [1.54, 1.807) is 6.07 Å². The van der Waals surface area contributed by atoms with Gasteiger partial charge in [-0.2, -0.15) is 0 Å². The van der Waals surface area contributed by atoms with Crippen molar-refractivity contribution >= 4 is 12.1 Å². The summed E-state index contributed by atoms with van der Waals surface area (Å²) in [5.41, 5.74) is 2.13. The first-order chi connectivity index (χ1) is 11.7. The average Bonchev–Trinajstić information content (AvgIpc) is 3.13. The minimum Gasteiger partial charge on any atom is -0.506 e. The van der Waals surface area contributed by atoms with Crippen molar-refractivity contribution in [1.82, 2.24) is 4.90 Å². The SMILES string of the molecule is O=CN1c2c(O)cccc2[C@@]23CCN4CC=CC5(CCC12CC5)[C@H]43. The Morgan fingerprint density at radius 3 is 2.79 bits per heavy atom. The van der Waals surface area contributed by atoms with Gasteiger partial charge in [-0.3, -0.25) is 9.69 Å². The maximum Gasteiger partial charge on any atom is 0.214 e. The van der Waals surface area contributed by atoms with Gasteiger partial charge in [-0.25, -0.2) is 0 Å². The summed E-state index contributed by atoms with van der Waals surface area (Å²) in [5.74, 6) is 0.264. The van der Waals surface area contributed by atoms with E-state index in [1.807, 2.05) is 11.0 Å². The highest BCUT2D eigenvalue weighted by atomic mass is 16.3. The number of amides is 1. The summed E-state index contributed by atoms with van der Waals surface area (Å²) < 4.78 is 0.